The number of hydrogen-bond acceptors (Lipinski definition) is 1. The molecule has 0 saturated heterocycles. The smallest absolute Gasteiger partial charge is 0.219 e. The van der Waals surface area contributed by atoms with Gasteiger partial charge in [-0.2, -0.15) is 0 Å². The first-order chi connectivity index (χ1) is 10.3. The Labute approximate surface area is 133 Å². The first-order valence-electron chi connectivity index (χ1n) is 9.58. The highest BCUT2D eigenvalue weighted by atomic mass is 16.1. The lowest BCUT2D eigenvalue weighted by atomic mass is 10.1. The molecule has 0 heterocycles. The molecule has 0 unspecified atom stereocenters. The van der Waals surface area contributed by atoms with E-state index in [0.29, 0.717) is 0 Å². The molecular formula is C19H39NO. The monoisotopic (exact) mass is 297 g/mol. The van der Waals surface area contributed by atoms with Crippen LogP contribution >= 0.6 is 0 Å². The van der Waals surface area contributed by atoms with Crippen molar-refractivity contribution in [3.05, 3.63) is 0 Å². The third kappa shape index (κ3) is 17.4. The lowest BCUT2D eigenvalue weighted by molar-refractivity contribution is -0.121. The van der Waals surface area contributed by atoms with Gasteiger partial charge in [-0.25, -0.2) is 0 Å². The van der Waals surface area contributed by atoms with Gasteiger partial charge < -0.3 is 5.32 Å². The van der Waals surface area contributed by atoms with Gasteiger partial charge in [-0.3, -0.25) is 4.79 Å². The van der Waals surface area contributed by atoms with Gasteiger partial charge in [0.05, 0.1) is 0 Å². The molecule has 0 spiro atoms. The lowest BCUT2D eigenvalue weighted by Gasteiger charge is -2.05. The summed E-state index contributed by atoms with van der Waals surface area (Å²) >= 11 is 0. The molecule has 0 fully saturated rings. The fraction of sp³-hybridized carbons (Fsp3) is 0.947. The molecule has 0 rings (SSSR count). The van der Waals surface area contributed by atoms with Crippen LogP contribution in [0.4, 0.5) is 0 Å². The molecule has 0 aliphatic rings. The van der Waals surface area contributed by atoms with Crippen LogP contribution in [0.15, 0.2) is 0 Å². The van der Waals surface area contributed by atoms with Crippen LogP contribution in [0, 0.1) is 0 Å². The van der Waals surface area contributed by atoms with Crippen LogP contribution in [0.5, 0.6) is 0 Å². The van der Waals surface area contributed by atoms with Gasteiger partial charge in [0.15, 0.2) is 0 Å². The van der Waals surface area contributed by atoms with Gasteiger partial charge in [0.25, 0.3) is 0 Å². The molecule has 0 atom stereocenters. The summed E-state index contributed by atoms with van der Waals surface area (Å²) in [5.41, 5.74) is 0. The second-order valence-corrected chi connectivity index (χ2v) is 6.34. The van der Waals surface area contributed by atoms with Gasteiger partial charge in [0.1, 0.15) is 0 Å². The van der Waals surface area contributed by atoms with Crippen molar-refractivity contribution in [3.63, 3.8) is 0 Å². The van der Waals surface area contributed by atoms with Crippen LogP contribution < -0.4 is 5.32 Å². The molecule has 0 aromatic heterocycles. The van der Waals surface area contributed by atoms with E-state index in [1.54, 1.807) is 0 Å². The molecule has 126 valence electrons. The molecule has 0 aliphatic heterocycles. The molecule has 0 saturated carbocycles. The zero-order valence-corrected chi connectivity index (χ0v) is 14.7. The molecule has 21 heavy (non-hydrogen) atoms. The molecule has 1 N–H and O–H groups in total. The summed E-state index contributed by atoms with van der Waals surface area (Å²) in [7, 11) is 0. The van der Waals surface area contributed by atoms with Crippen molar-refractivity contribution in [1.82, 2.24) is 5.32 Å². The Hall–Kier alpha value is -0.530. The largest absolute Gasteiger partial charge is 0.356 e. The zero-order valence-electron chi connectivity index (χ0n) is 14.7. The standard InChI is InChI=1S/C19H39NO/c1-3-5-7-9-10-11-12-13-15-17-19(21)20-18-16-14-8-6-4-2/h3-18H2,1-2H3,(H,20,21). The molecule has 1 amide bonds. The van der Waals surface area contributed by atoms with Gasteiger partial charge in [-0.1, -0.05) is 90.9 Å². The number of unbranched alkanes of at least 4 members (excludes halogenated alkanes) is 12. The van der Waals surface area contributed by atoms with Crippen LogP contribution in [0.3, 0.4) is 0 Å². The van der Waals surface area contributed by atoms with Crippen LogP contribution in [0.2, 0.25) is 0 Å². The first kappa shape index (κ1) is 20.5. The number of carbonyl (C=O) groups is 1. The van der Waals surface area contributed by atoms with Crippen molar-refractivity contribution in [2.75, 3.05) is 6.54 Å². The fourth-order valence-electron chi connectivity index (χ4n) is 2.64. The van der Waals surface area contributed by atoms with E-state index in [0.717, 1.165) is 25.8 Å². The number of nitrogens with one attached hydrogen (secondary N) is 1. The summed E-state index contributed by atoms with van der Waals surface area (Å²) < 4.78 is 0. The van der Waals surface area contributed by atoms with Crippen LogP contribution in [0.1, 0.15) is 110 Å². The molecule has 0 radical (unpaired) electrons. The minimum absolute atomic E-state index is 0.258. The molecule has 2 nitrogen and oxygen atoms in total. The average molecular weight is 298 g/mol. The van der Waals surface area contributed by atoms with Crippen LogP contribution in [-0.4, -0.2) is 12.5 Å². The number of hydrogen-bond donors (Lipinski definition) is 1. The maximum atomic E-state index is 11.6. The van der Waals surface area contributed by atoms with Crippen molar-refractivity contribution < 1.29 is 4.79 Å². The maximum Gasteiger partial charge on any atom is 0.219 e. The summed E-state index contributed by atoms with van der Waals surface area (Å²) in [5, 5.41) is 3.05. The third-order valence-electron chi connectivity index (χ3n) is 4.11. The Bertz CT molecular complexity index is 216. The first-order valence-corrected chi connectivity index (χ1v) is 9.58. The van der Waals surface area contributed by atoms with E-state index in [-0.39, 0.29) is 5.91 Å². The molecule has 0 aromatic carbocycles. The minimum Gasteiger partial charge on any atom is -0.356 e. The summed E-state index contributed by atoms with van der Waals surface area (Å²) in [6.07, 6.45) is 18.9. The Morgan fingerprint density at radius 3 is 1.57 bits per heavy atom. The highest BCUT2D eigenvalue weighted by molar-refractivity contribution is 5.75. The molecule has 0 aromatic rings. The quantitative estimate of drug-likeness (QED) is 0.348. The molecular weight excluding hydrogens is 258 g/mol. The summed E-state index contributed by atoms with van der Waals surface area (Å²) in [5.74, 6) is 0.258. The van der Waals surface area contributed by atoms with Crippen molar-refractivity contribution in [2.24, 2.45) is 0 Å². The summed E-state index contributed by atoms with van der Waals surface area (Å²) in [6, 6.07) is 0. The van der Waals surface area contributed by atoms with E-state index in [2.05, 4.69) is 19.2 Å². The van der Waals surface area contributed by atoms with Gasteiger partial charge >= 0.3 is 0 Å². The summed E-state index contributed by atoms with van der Waals surface area (Å²) in [4.78, 5) is 11.6. The van der Waals surface area contributed by atoms with Crippen molar-refractivity contribution in [2.45, 2.75) is 110 Å². The van der Waals surface area contributed by atoms with Crippen molar-refractivity contribution in [3.8, 4) is 0 Å². The fourth-order valence-corrected chi connectivity index (χ4v) is 2.64. The van der Waals surface area contributed by atoms with E-state index in [1.165, 1.54) is 77.0 Å². The second kappa shape index (κ2) is 17.5. The number of carbonyl (C=O) groups excluding carboxylic acids is 1. The molecule has 2 heteroatoms. The predicted molar refractivity (Wildman–Crippen MR) is 93.6 cm³/mol. The highest BCUT2D eigenvalue weighted by Crippen LogP contribution is 2.10. The number of rotatable bonds is 16. The van der Waals surface area contributed by atoms with E-state index in [1.807, 2.05) is 0 Å². The molecule has 0 bridgehead atoms. The topological polar surface area (TPSA) is 29.1 Å². The van der Waals surface area contributed by atoms with Gasteiger partial charge in [-0.05, 0) is 12.8 Å². The van der Waals surface area contributed by atoms with Gasteiger partial charge in [-0.15, -0.1) is 0 Å². The third-order valence-corrected chi connectivity index (χ3v) is 4.11. The summed E-state index contributed by atoms with van der Waals surface area (Å²) in [6.45, 7) is 5.36. The van der Waals surface area contributed by atoms with E-state index in [9.17, 15) is 4.79 Å². The average Bonchev–Trinajstić information content (AvgIpc) is 2.49. The highest BCUT2D eigenvalue weighted by Gasteiger charge is 2.00. The van der Waals surface area contributed by atoms with E-state index in [4.69, 9.17) is 0 Å². The van der Waals surface area contributed by atoms with E-state index >= 15 is 0 Å². The van der Waals surface area contributed by atoms with E-state index < -0.39 is 0 Å². The van der Waals surface area contributed by atoms with Crippen LogP contribution in [-0.2, 0) is 4.79 Å². The predicted octanol–water partition coefficient (Wildman–Crippen LogP) is 5.99. The normalized spacial score (nSPS) is 10.8. The zero-order chi connectivity index (χ0) is 15.6. The Morgan fingerprint density at radius 2 is 1.05 bits per heavy atom. The van der Waals surface area contributed by atoms with Gasteiger partial charge in [0, 0.05) is 13.0 Å². The van der Waals surface area contributed by atoms with Crippen molar-refractivity contribution >= 4 is 5.91 Å². The molecule has 0 aliphatic carbocycles. The Morgan fingerprint density at radius 1 is 0.619 bits per heavy atom. The SMILES string of the molecule is CCCCCCCCCCCC(=O)NCCCCCCC. The Kier molecular flexibility index (Phi) is 17.1. The van der Waals surface area contributed by atoms with Crippen LogP contribution in [0.25, 0.3) is 0 Å². The maximum absolute atomic E-state index is 11.6. The minimum atomic E-state index is 0.258. The Balaban J connectivity index is 3.12. The van der Waals surface area contributed by atoms with Crippen molar-refractivity contribution in [1.29, 1.82) is 0 Å². The lowest BCUT2D eigenvalue weighted by Crippen LogP contribution is -2.23. The number of amides is 1. The second-order valence-electron chi connectivity index (χ2n) is 6.34. The van der Waals surface area contributed by atoms with Gasteiger partial charge in [0.2, 0.25) is 5.91 Å².